The normalized spacial score (nSPS) is 18.5. The molecule has 2 aromatic carbocycles. The van der Waals surface area contributed by atoms with Crippen LogP contribution in [0.15, 0.2) is 70.5 Å². The van der Waals surface area contributed by atoms with Crippen molar-refractivity contribution in [2.45, 2.75) is 49.9 Å². The number of fused-ring (bicyclic) bond motifs is 3. The molecule has 3 heterocycles. The molecule has 2 aliphatic heterocycles. The number of pyridine rings is 1. The lowest BCUT2D eigenvalue weighted by atomic mass is 9.94. The van der Waals surface area contributed by atoms with Crippen LogP contribution in [0, 0.1) is 6.92 Å². The van der Waals surface area contributed by atoms with Crippen molar-refractivity contribution in [2.75, 3.05) is 11.7 Å². The molecule has 164 valence electrons. The zero-order valence-electron chi connectivity index (χ0n) is 18.6. The zero-order valence-corrected chi connectivity index (χ0v) is 19.4. The van der Waals surface area contributed by atoms with Crippen LogP contribution in [0.2, 0.25) is 0 Å². The van der Waals surface area contributed by atoms with E-state index in [1.165, 1.54) is 21.6 Å². The Morgan fingerprint density at radius 1 is 1.03 bits per heavy atom. The number of thioether (sulfide) groups is 1. The lowest BCUT2D eigenvalue weighted by molar-refractivity contribution is 0.0605. The van der Waals surface area contributed by atoms with Crippen LogP contribution in [0.1, 0.15) is 59.1 Å². The van der Waals surface area contributed by atoms with E-state index in [0.29, 0.717) is 17.9 Å². The first-order valence-corrected chi connectivity index (χ1v) is 12.1. The maximum Gasteiger partial charge on any atom is 0.274 e. The molecule has 3 aromatic rings. The minimum absolute atomic E-state index is 0.0686. The minimum atomic E-state index is -0.104. The van der Waals surface area contributed by atoms with Gasteiger partial charge in [-0.2, -0.15) is 0 Å². The number of hydrogen-bond acceptors (Lipinski definition) is 4. The largest absolute Gasteiger partial charge is 0.315 e. The maximum atomic E-state index is 13.5. The van der Waals surface area contributed by atoms with Gasteiger partial charge in [0.1, 0.15) is 12.4 Å². The summed E-state index contributed by atoms with van der Waals surface area (Å²) in [5.74, 6) is 0.831. The van der Waals surface area contributed by atoms with Crippen molar-refractivity contribution >= 4 is 17.7 Å². The van der Waals surface area contributed by atoms with Gasteiger partial charge in [0.2, 0.25) is 0 Å². The molecule has 0 N–H and O–H groups in total. The van der Waals surface area contributed by atoms with Gasteiger partial charge in [0.25, 0.3) is 5.91 Å². The standard InChI is InChI=1S/C26H27N3O2S/c1-4-17(2)27-16-29(28-14-13-22(30)18(3)24(28)26(27)31)25-20-10-6-5-9-19(20)15-32-23-12-8-7-11-21(23)25/h5-14,17,25H,4,15-16H2,1-3H3/t17-,25?/m1/s1. The number of aromatic nitrogens is 1. The van der Waals surface area contributed by atoms with Gasteiger partial charge in [-0.1, -0.05) is 49.4 Å². The first-order chi connectivity index (χ1) is 15.5. The van der Waals surface area contributed by atoms with Gasteiger partial charge < -0.3 is 4.90 Å². The van der Waals surface area contributed by atoms with E-state index < -0.39 is 0 Å². The van der Waals surface area contributed by atoms with E-state index in [-0.39, 0.29) is 23.4 Å². The molecule has 0 fully saturated rings. The first-order valence-electron chi connectivity index (χ1n) is 11.1. The second-order valence-electron chi connectivity index (χ2n) is 8.54. The lowest BCUT2D eigenvalue weighted by Gasteiger charge is -2.46. The topological polar surface area (TPSA) is 45.5 Å². The first kappa shape index (κ1) is 20.9. The summed E-state index contributed by atoms with van der Waals surface area (Å²) in [7, 11) is 0. The summed E-state index contributed by atoms with van der Waals surface area (Å²) >= 11 is 1.85. The van der Waals surface area contributed by atoms with E-state index in [1.807, 2.05) is 21.3 Å². The van der Waals surface area contributed by atoms with Gasteiger partial charge in [-0.3, -0.25) is 19.3 Å². The summed E-state index contributed by atoms with van der Waals surface area (Å²) in [5.41, 5.74) is 4.63. The van der Waals surface area contributed by atoms with Crippen molar-refractivity contribution in [1.29, 1.82) is 0 Å². The number of carbonyl (C=O) groups excluding carboxylic acids is 1. The summed E-state index contributed by atoms with van der Waals surface area (Å²) in [4.78, 5) is 29.2. The molecular formula is C26H27N3O2S. The molecule has 2 aliphatic rings. The highest BCUT2D eigenvalue weighted by Gasteiger charge is 2.38. The van der Waals surface area contributed by atoms with Gasteiger partial charge in [0, 0.05) is 34.5 Å². The SMILES string of the molecule is CC[C@@H](C)N1CN(C2c3ccccc3CSc3ccccc32)n2ccc(=O)c(C)c2C1=O. The monoisotopic (exact) mass is 445 g/mol. The molecule has 0 saturated heterocycles. The predicted octanol–water partition coefficient (Wildman–Crippen LogP) is 4.70. The maximum absolute atomic E-state index is 13.5. The van der Waals surface area contributed by atoms with Crippen LogP contribution < -0.4 is 10.4 Å². The molecule has 6 heteroatoms. The van der Waals surface area contributed by atoms with Crippen molar-refractivity contribution in [3.8, 4) is 0 Å². The minimum Gasteiger partial charge on any atom is -0.315 e. The highest BCUT2D eigenvalue weighted by atomic mass is 32.2. The Kier molecular flexibility index (Phi) is 5.33. The van der Waals surface area contributed by atoms with Crippen molar-refractivity contribution < 1.29 is 4.79 Å². The molecule has 1 aromatic heterocycles. The number of nitrogens with zero attached hydrogens (tertiary/aromatic N) is 3. The summed E-state index contributed by atoms with van der Waals surface area (Å²) in [6.45, 7) is 6.39. The van der Waals surface area contributed by atoms with Gasteiger partial charge >= 0.3 is 0 Å². The fourth-order valence-corrected chi connectivity index (χ4v) is 5.80. The van der Waals surface area contributed by atoms with Gasteiger partial charge in [-0.15, -0.1) is 11.8 Å². The third-order valence-electron chi connectivity index (χ3n) is 6.73. The van der Waals surface area contributed by atoms with Gasteiger partial charge in [0.15, 0.2) is 5.43 Å². The Hall–Kier alpha value is -2.99. The van der Waals surface area contributed by atoms with Crippen LogP contribution in [0.5, 0.6) is 0 Å². The molecule has 32 heavy (non-hydrogen) atoms. The average molecular weight is 446 g/mol. The van der Waals surface area contributed by atoms with E-state index in [9.17, 15) is 9.59 Å². The highest BCUT2D eigenvalue weighted by Crippen LogP contribution is 2.42. The van der Waals surface area contributed by atoms with Gasteiger partial charge in [-0.05, 0) is 43.0 Å². The van der Waals surface area contributed by atoms with Crippen LogP contribution in [-0.4, -0.2) is 28.2 Å². The molecule has 5 nitrogen and oxygen atoms in total. The molecule has 0 radical (unpaired) electrons. The Balaban J connectivity index is 1.78. The van der Waals surface area contributed by atoms with Crippen LogP contribution in [-0.2, 0) is 5.75 Å². The molecule has 0 bridgehead atoms. The molecule has 0 saturated carbocycles. The molecular weight excluding hydrogens is 418 g/mol. The van der Waals surface area contributed by atoms with Crippen molar-refractivity contribution in [3.63, 3.8) is 0 Å². The Bertz CT molecular complexity index is 1200. The van der Waals surface area contributed by atoms with Gasteiger partial charge in [-0.25, -0.2) is 0 Å². The van der Waals surface area contributed by atoms with Crippen LogP contribution >= 0.6 is 11.8 Å². The van der Waals surface area contributed by atoms with E-state index in [0.717, 1.165) is 12.2 Å². The van der Waals surface area contributed by atoms with Crippen LogP contribution in [0.25, 0.3) is 0 Å². The molecule has 5 rings (SSSR count). The Labute approximate surface area is 192 Å². The fourth-order valence-electron chi connectivity index (χ4n) is 4.70. The van der Waals surface area contributed by atoms with E-state index in [2.05, 4.69) is 67.4 Å². The summed E-state index contributed by atoms with van der Waals surface area (Å²) < 4.78 is 1.92. The summed E-state index contributed by atoms with van der Waals surface area (Å²) in [6, 6.07) is 18.7. The van der Waals surface area contributed by atoms with Crippen molar-refractivity contribution in [1.82, 2.24) is 9.58 Å². The van der Waals surface area contributed by atoms with Crippen molar-refractivity contribution in [3.05, 3.63) is 99.0 Å². The third-order valence-corrected chi connectivity index (χ3v) is 7.86. The summed E-state index contributed by atoms with van der Waals surface area (Å²) in [6.07, 6.45) is 2.61. The van der Waals surface area contributed by atoms with E-state index >= 15 is 0 Å². The molecule has 1 amide bonds. The van der Waals surface area contributed by atoms with E-state index in [1.54, 1.807) is 19.2 Å². The smallest absolute Gasteiger partial charge is 0.274 e. The van der Waals surface area contributed by atoms with Gasteiger partial charge in [0.05, 0.1) is 6.04 Å². The highest BCUT2D eigenvalue weighted by molar-refractivity contribution is 7.98. The predicted molar refractivity (Wildman–Crippen MR) is 129 cm³/mol. The van der Waals surface area contributed by atoms with Crippen LogP contribution in [0.4, 0.5) is 0 Å². The fraction of sp³-hybridized carbons (Fsp3) is 0.308. The number of amides is 1. The summed E-state index contributed by atoms with van der Waals surface area (Å²) in [5, 5.41) is 2.25. The third kappa shape index (κ3) is 3.25. The van der Waals surface area contributed by atoms with Crippen LogP contribution in [0.3, 0.4) is 0 Å². The molecule has 1 unspecified atom stereocenters. The number of hydrogen-bond donors (Lipinski definition) is 0. The number of benzene rings is 2. The average Bonchev–Trinajstić information content (AvgIpc) is 2.98. The molecule has 2 atom stereocenters. The Morgan fingerprint density at radius 3 is 2.53 bits per heavy atom. The van der Waals surface area contributed by atoms with Crippen molar-refractivity contribution in [2.24, 2.45) is 0 Å². The molecule has 0 spiro atoms. The van der Waals surface area contributed by atoms with E-state index in [4.69, 9.17) is 0 Å². The lowest BCUT2D eigenvalue weighted by Crippen LogP contribution is -2.58. The number of rotatable bonds is 3. The number of carbonyl (C=O) groups is 1. The second kappa shape index (κ2) is 8.17. The zero-order chi connectivity index (χ0) is 22.4. The second-order valence-corrected chi connectivity index (χ2v) is 9.56. The Morgan fingerprint density at radius 2 is 1.75 bits per heavy atom. The molecule has 0 aliphatic carbocycles. The quantitative estimate of drug-likeness (QED) is 0.586.